The average Bonchev–Trinajstić information content (AvgIpc) is 0. The third-order valence-electron chi connectivity index (χ3n) is 0. The van der Waals surface area contributed by atoms with E-state index in [4.69, 9.17) is 0 Å². The van der Waals surface area contributed by atoms with Gasteiger partial charge in [-0.3, -0.25) is 0 Å². The number of rotatable bonds is 0. The van der Waals surface area contributed by atoms with Gasteiger partial charge in [0.05, 0.1) is 0 Å². The van der Waals surface area contributed by atoms with Crippen molar-refractivity contribution in [3.05, 3.63) is 0 Å². The molecule has 1 radical (unpaired) electrons. The standard InChI is InChI=1S/8H3N.3H2O.2Ru/h8*1H3;3*1H2;;/q;;;;;;;;;;;+1;+2/p+2. The first-order valence-electron chi connectivity index (χ1n) is 0. The Morgan fingerprint density at radius 2 is 0.385 bits per heavy atom. The van der Waals surface area contributed by atoms with Crippen molar-refractivity contribution in [2.45, 2.75) is 0 Å². The van der Waals surface area contributed by atoms with Crippen LogP contribution in [0.15, 0.2) is 0 Å². The van der Waals surface area contributed by atoms with Crippen LogP contribution in [0.5, 0.6) is 0 Å². The third kappa shape index (κ3) is 2300. The van der Waals surface area contributed by atoms with Crippen LogP contribution in [-0.4, -0.2) is 5.48 Å². The molecule has 0 aliphatic rings. The largest absolute Gasteiger partial charge is 2.00 e. The van der Waals surface area contributed by atoms with Gasteiger partial charge in [-0.05, 0) is 0 Å². The van der Waals surface area contributed by atoms with Gasteiger partial charge in [-0.2, -0.15) is 0 Å². The third-order valence-corrected chi connectivity index (χ3v) is 0. The van der Waals surface area contributed by atoms with Crippen LogP contribution in [0.2, 0.25) is 0 Å². The molecule has 13 heteroatoms. The molecule has 0 heterocycles. The van der Waals surface area contributed by atoms with Crippen molar-refractivity contribution < 1.29 is 55.4 Å². The Hall–Kier alpha value is 0.807. The summed E-state index contributed by atoms with van der Waals surface area (Å²) in [5.41, 5.74) is 0. The molecule has 101 valence electrons. The van der Waals surface area contributed by atoms with Crippen LogP contribution in [0.3, 0.4) is 0 Å². The molecule has 0 aromatic carbocycles. The average molecular weight is 394 g/mol. The molecule has 0 aliphatic carbocycles. The van der Waals surface area contributed by atoms with E-state index < -0.39 is 0 Å². The van der Waals surface area contributed by atoms with E-state index in [1.165, 1.54) is 0 Å². The molecule has 0 fully saturated rings. The molecule has 0 saturated heterocycles. The van der Waals surface area contributed by atoms with Gasteiger partial charge < -0.3 is 65.6 Å². The van der Waals surface area contributed by atoms with Crippen molar-refractivity contribution in [1.29, 1.82) is 0 Å². The summed E-state index contributed by atoms with van der Waals surface area (Å²) < 4.78 is 0. The molecular formula is H32N8O3Ru2+5. The van der Waals surface area contributed by atoms with Crippen molar-refractivity contribution >= 4 is 0 Å². The van der Waals surface area contributed by atoms with Crippen LogP contribution in [0.4, 0.5) is 0 Å². The van der Waals surface area contributed by atoms with E-state index in [9.17, 15) is 0 Å². The fraction of sp³-hybridized carbons (Fsp3) is 0. The maximum atomic E-state index is 0. The van der Waals surface area contributed by atoms with E-state index in [-0.39, 0.29) is 105 Å². The summed E-state index contributed by atoms with van der Waals surface area (Å²) in [6.07, 6.45) is 0. The van der Waals surface area contributed by atoms with Crippen LogP contribution >= 0.6 is 0 Å². The number of hydrogen-bond donors (Lipinski definition) is 8. The fourth-order valence-electron chi connectivity index (χ4n) is 0. The summed E-state index contributed by atoms with van der Waals surface area (Å²) in [5.74, 6) is 0. The summed E-state index contributed by atoms with van der Waals surface area (Å²) >= 11 is 0. The molecule has 0 bridgehead atoms. The van der Waals surface area contributed by atoms with Crippen molar-refractivity contribution in [3.8, 4) is 0 Å². The minimum Gasteiger partial charge on any atom is -0.457 e. The molecule has 11 nitrogen and oxygen atoms in total. The van der Waals surface area contributed by atoms with E-state index in [1.807, 2.05) is 0 Å². The van der Waals surface area contributed by atoms with E-state index >= 15 is 0 Å². The van der Waals surface area contributed by atoms with E-state index in [0.717, 1.165) is 0 Å². The van der Waals surface area contributed by atoms with Crippen LogP contribution < -0.4 is 49.2 Å². The van der Waals surface area contributed by atoms with E-state index in [1.54, 1.807) is 0 Å². The Morgan fingerprint density at radius 3 is 0.385 bits per heavy atom. The van der Waals surface area contributed by atoms with Crippen LogP contribution in [0.1, 0.15) is 0 Å². The van der Waals surface area contributed by atoms with Gasteiger partial charge in [-0.25, -0.2) is 0 Å². The first-order chi connectivity index (χ1) is 0. The molecule has 32 N–H and O–H groups in total. The molecular weight excluding hydrogens is 362 g/mol. The fourth-order valence-corrected chi connectivity index (χ4v) is 0. The zero-order valence-corrected chi connectivity index (χ0v) is 11.5. The summed E-state index contributed by atoms with van der Waals surface area (Å²) in [6, 6.07) is 0. The molecule has 0 atom stereocenters. The normalized spacial score (nSPS) is 0. The molecule has 0 spiro atoms. The predicted octanol–water partition coefficient (Wildman–Crippen LogP) is -1.38. The zero-order valence-electron chi connectivity index (χ0n) is 8.02. The Morgan fingerprint density at radius 1 is 0.385 bits per heavy atom. The van der Waals surface area contributed by atoms with Gasteiger partial charge in [0.1, 0.15) is 0 Å². The molecule has 0 aromatic rings. The predicted molar refractivity (Wildman–Crippen MR) is 53.5 cm³/mol. The van der Waals surface area contributed by atoms with Crippen LogP contribution in [0.25, 0.3) is 0 Å². The SMILES string of the molecule is N.N.N.N.N.N.N.N.O.[OH3+].[OH3+].[Ru+2].[Ru+]. The molecule has 13 heavy (non-hydrogen) atoms. The Balaban J connectivity index is 0. The second-order valence-electron chi connectivity index (χ2n) is 0. The summed E-state index contributed by atoms with van der Waals surface area (Å²) in [7, 11) is 0. The second kappa shape index (κ2) is 2740. The smallest absolute Gasteiger partial charge is 0.457 e. The van der Waals surface area contributed by atoms with Crippen molar-refractivity contribution in [1.82, 2.24) is 49.2 Å². The maximum Gasteiger partial charge on any atom is 2.00 e. The molecule has 0 aromatic heterocycles. The Kier molecular flexibility index (Phi) is 734000. The zero-order chi connectivity index (χ0) is 0. The first kappa shape index (κ1) is 3480. The first-order valence-corrected chi connectivity index (χ1v) is 0. The monoisotopic (exact) mass is 396 g/mol. The molecule has 0 rings (SSSR count). The molecule has 0 aliphatic heterocycles. The van der Waals surface area contributed by atoms with Crippen molar-refractivity contribution in [2.24, 2.45) is 0 Å². The molecule has 0 amide bonds. The van der Waals surface area contributed by atoms with Gasteiger partial charge in [0, 0.05) is 0 Å². The van der Waals surface area contributed by atoms with E-state index in [0.29, 0.717) is 0 Å². The minimum absolute atomic E-state index is 0. The van der Waals surface area contributed by atoms with Crippen molar-refractivity contribution in [2.75, 3.05) is 0 Å². The van der Waals surface area contributed by atoms with Crippen LogP contribution in [-0.2, 0) is 49.9 Å². The Labute approximate surface area is 105 Å². The van der Waals surface area contributed by atoms with Gasteiger partial charge in [-0.15, -0.1) is 0 Å². The quantitative estimate of drug-likeness (QED) is 0.178. The van der Waals surface area contributed by atoms with Gasteiger partial charge in [-0.1, -0.05) is 0 Å². The van der Waals surface area contributed by atoms with Gasteiger partial charge in [0.2, 0.25) is 0 Å². The van der Waals surface area contributed by atoms with Gasteiger partial charge in [0.25, 0.3) is 0 Å². The van der Waals surface area contributed by atoms with Crippen molar-refractivity contribution in [3.63, 3.8) is 0 Å². The van der Waals surface area contributed by atoms with E-state index in [2.05, 4.69) is 0 Å². The maximum absolute atomic E-state index is 0. The Bertz CT molecular complexity index is 17.4. The van der Waals surface area contributed by atoms with Gasteiger partial charge >= 0.3 is 39.0 Å². The van der Waals surface area contributed by atoms with Gasteiger partial charge in [0.15, 0.2) is 0 Å². The summed E-state index contributed by atoms with van der Waals surface area (Å²) in [4.78, 5) is 0. The molecule has 0 saturated carbocycles. The number of hydrogen-bond acceptors (Lipinski definition) is 8. The summed E-state index contributed by atoms with van der Waals surface area (Å²) in [5, 5.41) is 0. The minimum atomic E-state index is 0. The summed E-state index contributed by atoms with van der Waals surface area (Å²) in [6.45, 7) is 0. The van der Waals surface area contributed by atoms with Crippen LogP contribution in [0, 0.1) is 0 Å². The topological polar surface area (TPSA) is 378 Å². The second-order valence-corrected chi connectivity index (χ2v) is 0. The molecule has 0 unspecified atom stereocenters.